The first-order chi connectivity index (χ1) is 7.89. The van der Waals surface area contributed by atoms with Gasteiger partial charge in [0.1, 0.15) is 5.82 Å². The van der Waals surface area contributed by atoms with Crippen molar-refractivity contribution in [1.82, 2.24) is 20.2 Å². The molecule has 1 aromatic heterocycles. The van der Waals surface area contributed by atoms with Gasteiger partial charge in [0.2, 0.25) is 0 Å². The molecule has 17 heavy (non-hydrogen) atoms. The molecule has 4 heteroatoms. The number of rotatable bonds is 6. The van der Waals surface area contributed by atoms with Gasteiger partial charge >= 0.3 is 0 Å². The first-order valence-corrected chi connectivity index (χ1v) is 6.03. The summed E-state index contributed by atoms with van der Waals surface area (Å²) in [5.74, 6) is 0.830. The first kappa shape index (κ1) is 14.1. The molecular formula is C13H24N4. The molecule has 0 unspecified atom stereocenters. The number of aromatic nitrogens is 2. The van der Waals surface area contributed by atoms with Gasteiger partial charge < -0.3 is 10.2 Å². The van der Waals surface area contributed by atoms with Gasteiger partial charge in [0.15, 0.2) is 0 Å². The predicted molar refractivity (Wildman–Crippen MR) is 70.8 cm³/mol. The van der Waals surface area contributed by atoms with Crippen molar-refractivity contribution < 1.29 is 0 Å². The summed E-state index contributed by atoms with van der Waals surface area (Å²) in [4.78, 5) is 10.7. The van der Waals surface area contributed by atoms with Gasteiger partial charge in [-0.25, -0.2) is 9.97 Å². The Morgan fingerprint density at radius 2 is 2.06 bits per heavy atom. The third-order valence-corrected chi connectivity index (χ3v) is 2.49. The summed E-state index contributed by atoms with van der Waals surface area (Å²) in [6, 6.07) is 1.96. The van der Waals surface area contributed by atoms with Gasteiger partial charge in [-0.15, -0.1) is 0 Å². The molecule has 0 spiro atoms. The fourth-order valence-electron chi connectivity index (χ4n) is 2.04. The highest BCUT2D eigenvalue weighted by atomic mass is 15.1. The monoisotopic (exact) mass is 236 g/mol. The van der Waals surface area contributed by atoms with E-state index in [9.17, 15) is 0 Å². The second-order valence-electron chi connectivity index (χ2n) is 5.60. The van der Waals surface area contributed by atoms with Crippen LogP contribution in [0.15, 0.2) is 12.3 Å². The maximum absolute atomic E-state index is 4.37. The third kappa shape index (κ3) is 5.75. The Labute approximate surface area is 104 Å². The molecule has 96 valence electrons. The van der Waals surface area contributed by atoms with Gasteiger partial charge in [0.25, 0.3) is 0 Å². The lowest BCUT2D eigenvalue weighted by Crippen LogP contribution is -2.37. The number of nitrogens with one attached hydrogen (secondary N) is 1. The van der Waals surface area contributed by atoms with Crippen LogP contribution in [-0.4, -0.2) is 42.1 Å². The molecule has 0 atom stereocenters. The van der Waals surface area contributed by atoms with Crippen LogP contribution in [0.1, 0.15) is 25.4 Å². The molecule has 0 radical (unpaired) electrons. The molecule has 0 aromatic carbocycles. The van der Waals surface area contributed by atoms with E-state index in [2.05, 4.69) is 48.1 Å². The van der Waals surface area contributed by atoms with Gasteiger partial charge in [0.05, 0.1) is 5.69 Å². The summed E-state index contributed by atoms with van der Waals surface area (Å²) in [7, 11) is 4.21. The van der Waals surface area contributed by atoms with Crippen LogP contribution in [0.4, 0.5) is 0 Å². The van der Waals surface area contributed by atoms with Gasteiger partial charge in [-0.05, 0) is 32.5 Å². The van der Waals surface area contributed by atoms with Crippen molar-refractivity contribution in [2.45, 2.75) is 27.3 Å². The van der Waals surface area contributed by atoms with Crippen molar-refractivity contribution in [3.05, 3.63) is 23.8 Å². The average molecular weight is 236 g/mol. The van der Waals surface area contributed by atoms with E-state index < -0.39 is 0 Å². The second kappa shape index (κ2) is 6.07. The minimum absolute atomic E-state index is 0.269. The molecular weight excluding hydrogens is 212 g/mol. The van der Waals surface area contributed by atoms with E-state index >= 15 is 0 Å². The molecule has 0 saturated heterocycles. The predicted octanol–water partition coefficient (Wildman–Crippen LogP) is 1.46. The Morgan fingerprint density at radius 3 is 2.65 bits per heavy atom. The van der Waals surface area contributed by atoms with E-state index in [1.54, 1.807) is 0 Å². The van der Waals surface area contributed by atoms with Gasteiger partial charge in [-0.2, -0.15) is 0 Å². The molecule has 4 nitrogen and oxygen atoms in total. The Balaban J connectivity index is 2.37. The Bertz CT molecular complexity index is 347. The lowest BCUT2D eigenvalue weighted by atomic mass is 9.93. The molecule has 0 aliphatic rings. The summed E-state index contributed by atoms with van der Waals surface area (Å²) >= 11 is 0. The lowest BCUT2D eigenvalue weighted by molar-refractivity contribution is 0.232. The molecule has 0 aliphatic heterocycles. The lowest BCUT2D eigenvalue weighted by Gasteiger charge is -2.28. The van der Waals surface area contributed by atoms with Crippen LogP contribution in [0.5, 0.6) is 0 Å². The molecule has 0 bridgehead atoms. The molecule has 1 N–H and O–H groups in total. The van der Waals surface area contributed by atoms with E-state index in [1.807, 2.05) is 19.2 Å². The smallest absolute Gasteiger partial charge is 0.125 e. The van der Waals surface area contributed by atoms with Crippen LogP contribution in [-0.2, 0) is 6.54 Å². The SMILES string of the molecule is Cc1nccc(CNCC(C)(C)CN(C)C)n1. The van der Waals surface area contributed by atoms with Crippen molar-refractivity contribution in [3.63, 3.8) is 0 Å². The minimum Gasteiger partial charge on any atom is -0.311 e. The van der Waals surface area contributed by atoms with Crippen LogP contribution >= 0.6 is 0 Å². The Hall–Kier alpha value is -1.00. The highest BCUT2D eigenvalue weighted by Crippen LogP contribution is 2.14. The van der Waals surface area contributed by atoms with Crippen LogP contribution < -0.4 is 5.32 Å². The molecule has 1 heterocycles. The topological polar surface area (TPSA) is 41.1 Å². The highest BCUT2D eigenvalue weighted by molar-refractivity contribution is 5.01. The average Bonchev–Trinajstić information content (AvgIpc) is 2.15. The zero-order chi connectivity index (χ0) is 12.9. The van der Waals surface area contributed by atoms with E-state index in [0.717, 1.165) is 31.2 Å². The first-order valence-electron chi connectivity index (χ1n) is 6.03. The quantitative estimate of drug-likeness (QED) is 0.812. The van der Waals surface area contributed by atoms with Crippen molar-refractivity contribution >= 4 is 0 Å². The summed E-state index contributed by atoms with van der Waals surface area (Å²) in [6.45, 7) is 9.31. The second-order valence-corrected chi connectivity index (χ2v) is 5.60. The van der Waals surface area contributed by atoms with Crippen LogP contribution in [0, 0.1) is 12.3 Å². The molecule has 1 aromatic rings. The third-order valence-electron chi connectivity index (χ3n) is 2.49. The fourth-order valence-corrected chi connectivity index (χ4v) is 2.04. The Morgan fingerprint density at radius 1 is 1.35 bits per heavy atom. The maximum atomic E-state index is 4.37. The number of nitrogens with zero attached hydrogens (tertiary/aromatic N) is 3. The highest BCUT2D eigenvalue weighted by Gasteiger charge is 2.18. The summed E-state index contributed by atoms with van der Waals surface area (Å²) in [6.07, 6.45) is 1.81. The standard InChI is InChI=1S/C13H24N4/c1-11-15-7-6-12(16-11)8-14-9-13(2,3)10-17(4)5/h6-7,14H,8-10H2,1-5H3. The zero-order valence-electron chi connectivity index (χ0n) is 11.6. The van der Waals surface area contributed by atoms with Crippen LogP contribution in [0.2, 0.25) is 0 Å². The largest absolute Gasteiger partial charge is 0.311 e. The fraction of sp³-hybridized carbons (Fsp3) is 0.692. The number of hydrogen-bond acceptors (Lipinski definition) is 4. The maximum Gasteiger partial charge on any atom is 0.125 e. The van der Waals surface area contributed by atoms with Crippen LogP contribution in [0.3, 0.4) is 0 Å². The van der Waals surface area contributed by atoms with Gasteiger partial charge in [-0.3, -0.25) is 0 Å². The minimum atomic E-state index is 0.269. The Kier molecular flexibility index (Phi) is 5.02. The normalized spacial score (nSPS) is 12.1. The molecule has 0 fully saturated rings. The van der Waals surface area contributed by atoms with Crippen LogP contribution in [0.25, 0.3) is 0 Å². The van der Waals surface area contributed by atoms with E-state index in [1.165, 1.54) is 0 Å². The summed E-state index contributed by atoms with van der Waals surface area (Å²) < 4.78 is 0. The number of hydrogen-bond donors (Lipinski definition) is 1. The van der Waals surface area contributed by atoms with Crippen molar-refractivity contribution in [2.24, 2.45) is 5.41 Å². The van der Waals surface area contributed by atoms with Crippen molar-refractivity contribution in [3.8, 4) is 0 Å². The van der Waals surface area contributed by atoms with Gasteiger partial charge in [0, 0.05) is 25.8 Å². The summed E-state index contributed by atoms with van der Waals surface area (Å²) in [5.41, 5.74) is 1.32. The molecule has 0 amide bonds. The molecule has 0 saturated carbocycles. The van der Waals surface area contributed by atoms with E-state index in [0.29, 0.717) is 0 Å². The summed E-state index contributed by atoms with van der Waals surface area (Å²) in [5, 5.41) is 3.46. The van der Waals surface area contributed by atoms with E-state index in [4.69, 9.17) is 0 Å². The molecule has 0 aliphatic carbocycles. The van der Waals surface area contributed by atoms with Crippen molar-refractivity contribution in [1.29, 1.82) is 0 Å². The van der Waals surface area contributed by atoms with Crippen molar-refractivity contribution in [2.75, 3.05) is 27.2 Å². The zero-order valence-corrected chi connectivity index (χ0v) is 11.6. The van der Waals surface area contributed by atoms with E-state index in [-0.39, 0.29) is 5.41 Å². The van der Waals surface area contributed by atoms with Gasteiger partial charge in [-0.1, -0.05) is 13.8 Å². The number of aryl methyl sites for hydroxylation is 1. The molecule has 1 rings (SSSR count).